The van der Waals surface area contributed by atoms with Gasteiger partial charge >= 0.3 is 12.3 Å². The Morgan fingerprint density at radius 3 is 2.45 bits per heavy atom. The number of aromatic nitrogens is 1. The van der Waals surface area contributed by atoms with Crippen molar-refractivity contribution in [1.82, 2.24) is 4.98 Å². The average molecular weight is 364 g/mol. The van der Waals surface area contributed by atoms with Gasteiger partial charge in [0.1, 0.15) is 0 Å². The van der Waals surface area contributed by atoms with Gasteiger partial charge in [-0.3, -0.25) is 9.78 Å². The first-order valence-corrected chi connectivity index (χ1v) is 6.10. The number of pyridine rings is 1. The van der Waals surface area contributed by atoms with Gasteiger partial charge in [0.15, 0.2) is 5.75 Å². The third-order valence-electron chi connectivity index (χ3n) is 2.17. The van der Waals surface area contributed by atoms with Gasteiger partial charge in [-0.1, -0.05) is 15.9 Å². The van der Waals surface area contributed by atoms with E-state index >= 15 is 0 Å². The number of carboxylic acids is 1. The summed E-state index contributed by atoms with van der Waals surface area (Å²) in [5, 5.41) is 8.22. The van der Waals surface area contributed by atoms with Crippen LogP contribution in [0.5, 0.6) is 5.75 Å². The Morgan fingerprint density at radius 2 is 2.05 bits per heavy atom. The van der Waals surface area contributed by atoms with Crippen LogP contribution < -0.4 is 4.74 Å². The zero-order valence-electron chi connectivity index (χ0n) is 9.55. The van der Waals surface area contributed by atoms with E-state index in [1.54, 1.807) is 0 Å². The molecule has 0 spiro atoms. The van der Waals surface area contributed by atoms with E-state index < -0.39 is 47.7 Å². The Morgan fingerprint density at radius 1 is 1.45 bits per heavy atom. The monoisotopic (exact) mass is 363 g/mol. The van der Waals surface area contributed by atoms with Gasteiger partial charge in [0.05, 0.1) is 18.3 Å². The van der Waals surface area contributed by atoms with E-state index in [0.29, 0.717) is 6.20 Å². The summed E-state index contributed by atoms with van der Waals surface area (Å²) in [5.41, 5.74) is -1.86. The molecule has 112 valence electrons. The van der Waals surface area contributed by atoms with E-state index in [1.807, 2.05) is 0 Å². The number of halogens is 6. The van der Waals surface area contributed by atoms with Crippen molar-refractivity contribution in [1.29, 1.82) is 0 Å². The number of rotatable bonds is 5. The van der Waals surface area contributed by atoms with Crippen molar-refractivity contribution in [2.24, 2.45) is 0 Å². The minimum atomic E-state index is -5.06. The van der Waals surface area contributed by atoms with Crippen LogP contribution in [0, 0.1) is 0 Å². The summed E-state index contributed by atoms with van der Waals surface area (Å²) in [6, 6.07) is 0. The van der Waals surface area contributed by atoms with Crippen LogP contribution in [0.25, 0.3) is 0 Å². The predicted octanol–water partition coefficient (Wildman–Crippen LogP) is 3.44. The number of hydrogen-bond donors (Lipinski definition) is 1. The number of ether oxygens (including phenoxy) is 1. The molecular formula is C10H7BrF5NO3. The summed E-state index contributed by atoms with van der Waals surface area (Å²) in [7, 11) is 0. The molecule has 1 aromatic heterocycles. The smallest absolute Gasteiger partial charge is 0.481 e. The lowest BCUT2D eigenvalue weighted by atomic mass is 10.1. The molecule has 0 bridgehead atoms. The molecule has 0 aliphatic heterocycles. The number of hydrogen-bond acceptors (Lipinski definition) is 3. The first kappa shape index (κ1) is 16.6. The molecule has 0 saturated carbocycles. The molecule has 1 aromatic rings. The van der Waals surface area contributed by atoms with E-state index in [-0.39, 0.29) is 5.33 Å². The van der Waals surface area contributed by atoms with Crippen molar-refractivity contribution >= 4 is 21.9 Å². The highest BCUT2D eigenvalue weighted by atomic mass is 79.9. The van der Waals surface area contributed by atoms with Crippen molar-refractivity contribution in [2.75, 3.05) is 0 Å². The molecular weight excluding hydrogens is 357 g/mol. The fourth-order valence-electron chi connectivity index (χ4n) is 1.48. The summed E-state index contributed by atoms with van der Waals surface area (Å²) in [6.07, 6.45) is -8.49. The van der Waals surface area contributed by atoms with Crippen molar-refractivity contribution in [3.8, 4) is 5.75 Å². The Hall–Kier alpha value is -1.45. The van der Waals surface area contributed by atoms with Gasteiger partial charge in [-0.25, -0.2) is 8.78 Å². The second-order valence-electron chi connectivity index (χ2n) is 3.51. The van der Waals surface area contributed by atoms with Crippen LogP contribution in [0.1, 0.15) is 23.2 Å². The van der Waals surface area contributed by atoms with Crippen LogP contribution >= 0.6 is 15.9 Å². The molecule has 1 rings (SSSR count). The van der Waals surface area contributed by atoms with Crippen LogP contribution in [-0.4, -0.2) is 22.4 Å². The fourth-order valence-corrected chi connectivity index (χ4v) is 2.06. The molecule has 0 unspecified atom stereocenters. The van der Waals surface area contributed by atoms with Crippen LogP contribution in [0.4, 0.5) is 22.0 Å². The van der Waals surface area contributed by atoms with Gasteiger partial charge in [-0.15, -0.1) is 13.2 Å². The van der Waals surface area contributed by atoms with E-state index in [2.05, 4.69) is 25.7 Å². The Kier molecular flexibility index (Phi) is 5.26. The Balaban J connectivity index is 3.37. The molecule has 0 amide bonds. The normalized spacial score (nSPS) is 11.8. The maximum absolute atomic E-state index is 12.9. The highest BCUT2D eigenvalue weighted by Crippen LogP contribution is 2.35. The maximum Gasteiger partial charge on any atom is 0.573 e. The molecule has 0 fully saturated rings. The largest absolute Gasteiger partial charge is 0.573 e. The van der Waals surface area contributed by atoms with Crippen molar-refractivity contribution in [2.45, 2.75) is 24.5 Å². The molecule has 0 saturated heterocycles. The van der Waals surface area contributed by atoms with E-state index in [9.17, 15) is 26.7 Å². The van der Waals surface area contributed by atoms with Crippen LogP contribution in [-0.2, 0) is 16.5 Å². The predicted molar refractivity (Wildman–Crippen MR) is 59.8 cm³/mol. The quantitative estimate of drug-likeness (QED) is 0.643. The first-order chi connectivity index (χ1) is 9.15. The zero-order valence-corrected chi connectivity index (χ0v) is 11.1. The molecule has 1 N–H and O–H groups in total. The first-order valence-electron chi connectivity index (χ1n) is 4.98. The number of nitrogens with zero attached hydrogens (tertiary/aromatic N) is 1. The summed E-state index contributed by atoms with van der Waals surface area (Å²) in [5.74, 6) is -2.32. The second kappa shape index (κ2) is 6.33. The number of carbonyl (C=O) groups is 1. The van der Waals surface area contributed by atoms with E-state index in [4.69, 9.17) is 5.11 Å². The molecule has 1 heterocycles. The Bertz CT molecular complexity index is 506. The van der Waals surface area contributed by atoms with Gasteiger partial charge in [-0.05, 0) is 0 Å². The summed E-state index contributed by atoms with van der Waals surface area (Å²) >= 11 is 2.78. The highest BCUT2D eigenvalue weighted by Gasteiger charge is 2.34. The summed E-state index contributed by atoms with van der Waals surface area (Å²) < 4.78 is 66.0. The highest BCUT2D eigenvalue weighted by molar-refractivity contribution is 9.08. The van der Waals surface area contributed by atoms with E-state index in [1.165, 1.54) is 0 Å². The lowest BCUT2D eigenvalue weighted by molar-refractivity contribution is -0.275. The Labute approximate surface area is 117 Å². The standard InChI is InChI=1S/C10H7BrF5NO3/c11-2-4-6(20-10(14,15)16)3-17-5(1-7(18)19)8(4)9(12)13/h3,9H,1-2H2,(H,18,19). The molecule has 0 radical (unpaired) electrons. The fraction of sp³-hybridized carbons (Fsp3) is 0.400. The van der Waals surface area contributed by atoms with Crippen LogP contribution in [0.2, 0.25) is 0 Å². The molecule has 4 nitrogen and oxygen atoms in total. The molecule has 0 atom stereocenters. The maximum atomic E-state index is 12.9. The summed E-state index contributed by atoms with van der Waals surface area (Å²) in [6.45, 7) is 0. The molecule has 0 aliphatic rings. The number of alkyl halides is 6. The molecule has 0 aliphatic carbocycles. The average Bonchev–Trinajstić information content (AvgIpc) is 2.27. The SMILES string of the molecule is O=C(O)Cc1ncc(OC(F)(F)F)c(CBr)c1C(F)F. The van der Waals surface area contributed by atoms with Gasteiger partial charge in [-0.2, -0.15) is 0 Å². The zero-order chi connectivity index (χ0) is 15.5. The minimum Gasteiger partial charge on any atom is -0.481 e. The third-order valence-corrected chi connectivity index (χ3v) is 2.73. The van der Waals surface area contributed by atoms with Gasteiger partial charge in [0.25, 0.3) is 6.43 Å². The van der Waals surface area contributed by atoms with Crippen molar-refractivity contribution in [3.05, 3.63) is 23.0 Å². The number of aliphatic carboxylic acids is 1. The lowest BCUT2D eigenvalue weighted by Gasteiger charge is -2.17. The van der Waals surface area contributed by atoms with Crippen LogP contribution in [0.15, 0.2) is 6.20 Å². The second-order valence-corrected chi connectivity index (χ2v) is 4.07. The molecule has 20 heavy (non-hydrogen) atoms. The van der Waals surface area contributed by atoms with Crippen molar-refractivity contribution in [3.63, 3.8) is 0 Å². The van der Waals surface area contributed by atoms with E-state index in [0.717, 1.165) is 0 Å². The van der Waals surface area contributed by atoms with Gasteiger partial charge < -0.3 is 9.84 Å². The van der Waals surface area contributed by atoms with Crippen molar-refractivity contribution < 1.29 is 36.6 Å². The molecule has 10 heteroatoms. The minimum absolute atomic E-state index is 0.368. The molecule has 0 aromatic carbocycles. The number of carboxylic acid groups (broad SMARTS) is 1. The lowest BCUT2D eigenvalue weighted by Crippen LogP contribution is -2.19. The summed E-state index contributed by atoms with van der Waals surface area (Å²) in [4.78, 5) is 13.9. The van der Waals surface area contributed by atoms with Gasteiger partial charge in [0.2, 0.25) is 0 Å². The topological polar surface area (TPSA) is 59.4 Å². The third kappa shape index (κ3) is 4.29. The van der Waals surface area contributed by atoms with Gasteiger partial charge in [0, 0.05) is 16.5 Å². The van der Waals surface area contributed by atoms with Crippen LogP contribution in [0.3, 0.4) is 0 Å².